The van der Waals surface area contributed by atoms with E-state index in [9.17, 15) is 0 Å². The molecular formula is C18H21NO. The van der Waals surface area contributed by atoms with Gasteiger partial charge in [0, 0.05) is 28.4 Å². The van der Waals surface area contributed by atoms with Gasteiger partial charge in [-0.3, -0.25) is 0 Å². The zero-order valence-corrected chi connectivity index (χ0v) is 12.2. The van der Waals surface area contributed by atoms with Crippen molar-refractivity contribution in [2.45, 2.75) is 32.9 Å². The van der Waals surface area contributed by atoms with E-state index in [-0.39, 0.29) is 0 Å². The molecule has 0 bridgehead atoms. The molecule has 1 heterocycles. The van der Waals surface area contributed by atoms with Crippen LogP contribution in [0.25, 0.3) is 21.8 Å². The second-order valence-corrected chi connectivity index (χ2v) is 5.28. The molecular weight excluding hydrogens is 246 g/mol. The summed E-state index contributed by atoms with van der Waals surface area (Å²) in [6.45, 7) is 5.95. The van der Waals surface area contributed by atoms with E-state index in [4.69, 9.17) is 4.74 Å². The second-order valence-electron chi connectivity index (χ2n) is 5.28. The van der Waals surface area contributed by atoms with Crippen LogP contribution in [0.15, 0.2) is 48.5 Å². The van der Waals surface area contributed by atoms with Crippen molar-refractivity contribution in [3.8, 4) is 0 Å². The molecule has 3 aromatic rings. The van der Waals surface area contributed by atoms with Crippen LogP contribution in [0.1, 0.15) is 20.3 Å². The second kappa shape index (κ2) is 5.68. The molecule has 3 rings (SSSR count). The summed E-state index contributed by atoms with van der Waals surface area (Å²) in [5.74, 6) is 0. The molecule has 2 aromatic carbocycles. The molecule has 0 fully saturated rings. The van der Waals surface area contributed by atoms with Crippen molar-refractivity contribution < 1.29 is 4.74 Å². The van der Waals surface area contributed by atoms with E-state index in [1.165, 1.54) is 21.8 Å². The fraction of sp³-hybridized carbons (Fsp3) is 0.333. The Kier molecular flexibility index (Phi) is 3.75. The lowest BCUT2D eigenvalue weighted by molar-refractivity contribution is 0.0591. The van der Waals surface area contributed by atoms with Crippen LogP contribution in [0.3, 0.4) is 0 Å². The summed E-state index contributed by atoms with van der Waals surface area (Å²) in [4.78, 5) is 0. The van der Waals surface area contributed by atoms with E-state index >= 15 is 0 Å². The van der Waals surface area contributed by atoms with E-state index in [0.29, 0.717) is 6.10 Å². The molecule has 0 aliphatic heterocycles. The maximum absolute atomic E-state index is 5.84. The van der Waals surface area contributed by atoms with Crippen LogP contribution in [0.2, 0.25) is 0 Å². The van der Waals surface area contributed by atoms with Gasteiger partial charge in [-0.1, -0.05) is 43.3 Å². The monoisotopic (exact) mass is 267 g/mol. The average Bonchev–Trinajstić information content (AvgIpc) is 2.82. The topological polar surface area (TPSA) is 14.2 Å². The average molecular weight is 267 g/mol. The van der Waals surface area contributed by atoms with E-state index in [1.54, 1.807) is 0 Å². The zero-order valence-electron chi connectivity index (χ0n) is 12.2. The molecule has 0 saturated carbocycles. The third-order valence-electron chi connectivity index (χ3n) is 3.97. The Morgan fingerprint density at radius 2 is 1.50 bits per heavy atom. The predicted octanol–water partition coefficient (Wildman–Crippen LogP) is 4.61. The fourth-order valence-corrected chi connectivity index (χ4v) is 2.71. The van der Waals surface area contributed by atoms with Crippen LogP contribution in [0, 0.1) is 0 Å². The van der Waals surface area contributed by atoms with Gasteiger partial charge in [-0.2, -0.15) is 0 Å². The third-order valence-corrected chi connectivity index (χ3v) is 3.97. The van der Waals surface area contributed by atoms with Crippen molar-refractivity contribution in [2.75, 3.05) is 6.61 Å². The summed E-state index contributed by atoms with van der Waals surface area (Å²) >= 11 is 0. The molecule has 0 saturated heterocycles. The highest BCUT2D eigenvalue weighted by atomic mass is 16.5. The smallest absolute Gasteiger partial charge is 0.0649 e. The molecule has 1 aromatic heterocycles. The van der Waals surface area contributed by atoms with E-state index in [2.05, 4.69) is 66.9 Å². The Morgan fingerprint density at radius 1 is 0.950 bits per heavy atom. The Bertz CT molecular complexity index is 660. The molecule has 1 unspecified atom stereocenters. The predicted molar refractivity (Wildman–Crippen MR) is 85.1 cm³/mol. The molecule has 0 aliphatic rings. The maximum Gasteiger partial charge on any atom is 0.0649 e. The van der Waals surface area contributed by atoms with Crippen LogP contribution in [0.4, 0.5) is 0 Å². The number of rotatable bonds is 5. The van der Waals surface area contributed by atoms with Crippen LogP contribution in [-0.2, 0) is 11.3 Å². The summed E-state index contributed by atoms with van der Waals surface area (Å²) < 4.78 is 8.21. The first-order chi connectivity index (χ1) is 9.81. The van der Waals surface area contributed by atoms with Gasteiger partial charge in [0.05, 0.1) is 12.7 Å². The van der Waals surface area contributed by atoms with E-state index < -0.39 is 0 Å². The van der Waals surface area contributed by atoms with Gasteiger partial charge in [0.1, 0.15) is 0 Å². The summed E-state index contributed by atoms with van der Waals surface area (Å²) in [7, 11) is 0. The molecule has 0 spiro atoms. The van der Waals surface area contributed by atoms with Crippen LogP contribution >= 0.6 is 0 Å². The molecule has 2 nitrogen and oxygen atoms in total. The van der Waals surface area contributed by atoms with Crippen LogP contribution < -0.4 is 0 Å². The summed E-state index contributed by atoms with van der Waals surface area (Å²) in [5.41, 5.74) is 2.59. The molecule has 1 atom stereocenters. The van der Waals surface area contributed by atoms with E-state index in [0.717, 1.165) is 19.6 Å². The van der Waals surface area contributed by atoms with Gasteiger partial charge >= 0.3 is 0 Å². The summed E-state index contributed by atoms with van der Waals surface area (Å²) in [5, 5.41) is 2.65. The Morgan fingerprint density at radius 3 is 2.05 bits per heavy atom. The molecule has 0 radical (unpaired) electrons. The molecule has 0 aliphatic carbocycles. The molecule has 0 amide bonds. The number of benzene rings is 2. The SMILES string of the molecule is CCC(C)OCCn1c2ccccc2c2ccccc21. The maximum atomic E-state index is 5.84. The lowest BCUT2D eigenvalue weighted by Gasteiger charge is -2.12. The Labute approximate surface area is 120 Å². The first kappa shape index (κ1) is 13.2. The normalized spacial score (nSPS) is 13.1. The standard InChI is InChI=1S/C18H21NO/c1-3-14(2)20-13-12-19-17-10-6-4-8-15(17)16-9-5-7-11-18(16)19/h4-11,14H,3,12-13H2,1-2H3. The molecule has 20 heavy (non-hydrogen) atoms. The fourth-order valence-electron chi connectivity index (χ4n) is 2.71. The summed E-state index contributed by atoms with van der Waals surface area (Å²) in [6.07, 6.45) is 1.40. The number of hydrogen-bond acceptors (Lipinski definition) is 1. The van der Waals surface area contributed by atoms with Gasteiger partial charge in [0.15, 0.2) is 0 Å². The van der Waals surface area contributed by atoms with Crippen molar-refractivity contribution in [2.24, 2.45) is 0 Å². The van der Waals surface area contributed by atoms with E-state index in [1.807, 2.05) is 0 Å². The first-order valence-electron chi connectivity index (χ1n) is 7.39. The number of ether oxygens (including phenoxy) is 1. The van der Waals surface area contributed by atoms with Crippen molar-refractivity contribution in [3.05, 3.63) is 48.5 Å². The first-order valence-corrected chi connectivity index (χ1v) is 7.39. The highest BCUT2D eigenvalue weighted by molar-refractivity contribution is 6.07. The minimum absolute atomic E-state index is 0.336. The minimum Gasteiger partial charge on any atom is -0.377 e. The van der Waals surface area contributed by atoms with Crippen molar-refractivity contribution in [3.63, 3.8) is 0 Å². The third kappa shape index (κ3) is 2.32. The largest absolute Gasteiger partial charge is 0.377 e. The number of fused-ring (bicyclic) bond motifs is 3. The quantitative estimate of drug-likeness (QED) is 0.658. The number of aromatic nitrogens is 1. The van der Waals surface area contributed by atoms with Gasteiger partial charge in [-0.25, -0.2) is 0 Å². The highest BCUT2D eigenvalue weighted by Gasteiger charge is 2.09. The van der Waals surface area contributed by atoms with Crippen LogP contribution in [-0.4, -0.2) is 17.3 Å². The Hall–Kier alpha value is -1.80. The van der Waals surface area contributed by atoms with Crippen molar-refractivity contribution in [1.82, 2.24) is 4.57 Å². The molecule has 2 heteroatoms. The minimum atomic E-state index is 0.336. The van der Waals surface area contributed by atoms with Gasteiger partial charge in [0.2, 0.25) is 0 Å². The van der Waals surface area contributed by atoms with Gasteiger partial charge in [0.25, 0.3) is 0 Å². The van der Waals surface area contributed by atoms with Crippen molar-refractivity contribution >= 4 is 21.8 Å². The molecule has 104 valence electrons. The van der Waals surface area contributed by atoms with Gasteiger partial charge in [-0.05, 0) is 25.5 Å². The van der Waals surface area contributed by atoms with Crippen LogP contribution in [0.5, 0.6) is 0 Å². The number of hydrogen-bond donors (Lipinski definition) is 0. The van der Waals surface area contributed by atoms with Gasteiger partial charge < -0.3 is 9.30 Å². The Balaban J connectivity index is 1.99. The zero-order chi connectivity index (χ0) is 13.9. The lowest BCUT2D eigenvalue weighted by Crippen LogP contribution is -2.12. The number of nitrogens with zero attached hydrogens (tertiary/aromatic N) is 1. The lowest BCUT2D eigenvalue weighted by atomic mass is 10.2. The van der Waals surface area contributed by atoms with Gasteiger partial charge in [-0.15, -0.1) is 0 Å². The number of para-hydroxylation sites is 2. The molecule has 0 N–H and O–H groups in total. The van der Waals surface area contributed by atoms with Crippen molar-refractivity contribution in [1.29, 1.82) is 0 Å². The summed E-state index contributed by atoms with van der Waals surface area (Å²) in [6, 6.07) is 17.2. The highest BCUT2D eigenvalue weighted by Crippen LogP contribution is 2.28.